The molecular weight excluding hydrogens is 597 g/mol. The maximum Gasteiger partial charge on any atom is 0.343 e. The quantitative estimate of drug-likeness (QED) is 0.146. The van der Waals surface area contributed by atoms with E-state index in [9.17, 15) is 9.59 Å². The number of benzene rings is 2. The summed E-state index contributed by atoms with van der Waals surface area (Å²) in [6, 6.07) is 13.5. The first-order valence-electron chi connectivity index (χ1n) is 9.08. The van der Waals surface area contributed by atoms with Crippen molar-refractivity contribution in [1.29, 1.82) is 5.41 Å². The van der Waals surface area contributed by atoms with Gasteiger partial charge in [0.2, 0.25) is 5.91 Å². The molecule has 0 aliphatic heterocycles. The summed E-state index contributed by atoms with van der Waals surface area (Å²) in [5, 5.41) is 7.36. The second-order valence-corrected chi connectivity index (χ2v) is 6.25. The Labute approximate surface area is 212 Å². The van der Waals surface area contributed by atoms with E-state index in [0.717, 1.165) is 5.56 Å². The third kappa shape index (κ3) is 8.39. The van der Waals surface area contributed by atoms with Crippen LogP contribution in [0.15, 0.2) is 61.2 Å². The van der Waals surface area contributed by atoms with Gasteiger partial charge in [0.15, 0.2) is 0 Å². The van der Waals surface area contributed by atoms with Gasteiger partial charge >= 0.3 is 5.97 Å². The van der Waals surface area contributed by atoms with E-state index in [1.165, 1.54) is 0 Å². The average molecular weight is 624 g/mol. The molecule has 0 heterocycles. The molecule has 7 nitrogen and oxygen atoms in total. The van der Waals surface area contributed by atoms with E-state index in [0.29, 0.717) is 42.8 Å². The second kappa shape index (κ2) is 14.1. The van der Waals surface area contributed by atoms with Crippen LogP contribution < -0.4 is 10.5 Å². The minimum atomic E-state index is -0.471. The van der Waals surface area contributed by atoms with Gasteiger partial charge in [0.25, 0.3) is 0 Å². The number of amides is 1. The molecule has 0 aromatic heterocycles. The van der Waals surface area contributed by atoms with Crippen LogP contribution in [-0.4, -0.2) is 41.2 Å². The summed E-state index contributed by atoms with van der Waals surface area (Å²) in [6.07, 6.45) is 2.73. The molecule has 0 bridgehead atoms. The standard InChI is InChI=1S/C22H25N3O3.Ac.H2O/c1-3-15-25(4-2)20(26)14-7-16-5-8-18(9-6-16)22(27)28-19-12-10-17(11-13-19)21(23)24;;/h3,5-6,8-13H,1,4,7,14-15H2,2H3,(H3,23,24);;1H2. The summed E-state index contributed by atoms with van der Waals surface area (Å²) in [5.74, 6) is -0.0497. The Kier molecular flexibility index (Phi) is 13.1. The smallest absolute Gasteiger partial charge is 0.343 e. The number of amidine groups is 1. The topological polar surface area (TPSA) is 128 Å². The zero-order chi connectivity index (χ0) is 20.5. The van der Waals surface area contributed by atoms with Gasteiger partial charge in [-0.3, -0.25) is 10.2 Å². The summed E-state index contributed by atoms with van der Waals surface area (Å²) in [4.78, 5) is 26.2. The molecule has 2 rings (SSSR count). The van der Waals surface area contributed by atoms with Crippen LogP contribution in [0.1, 0.15) is 34.8 Å². The molecule has 0 unspecified atom stereocenters. The predicted octanol–water partition coefficient (Wildman–Crippen LogP) is 2.33. The number of carbonyl (C=O) groups is 2. The molecule has 0 saturated heterocycles. The van der Waals surface area contributed by atoms with Crippen molar-refractivity contribution < 1.29 is 63.9 Å². The first kappa shape index (κ1) is 28.0. The van der Waals surface area contributed by atoms with E-state index in [4.69, 9.17) is 15.9 Å². The van der Waals surface area contributed by atoms with Crippen LogP contribution in [0.5, 0.6) is 5.75 Å². The van der Waals surface area contributed by atoms with Crippen LogP contribution in [0.4, 0.5) is 0 Å². The monoisotopic (exact) mass is 624 g/mol. The Morgan fingerprint density at radius 2 is 1.67 bits per heavy atom. The van der Waals surface area contributed by atoms with E-state index in [-0.39, 0.29) is 61.3 Å². The predicted molar refractivity (Wildman–Crippen MR) is 113 cm³/mol. The van der Waals surface area contributed by atoms with E-state index < -0.39 is 5.97 Å². The number of likely N-dealkylation sites (N-methyl/N-ethyl adjacent to an activating group) is 1. The molecule has 8 heteroatoms. The summed E-state index contributed by atoms with van der Waals surface area (Å²) in [5.41, 5.74) is 7.36. The minimum absolute atomic E-state index is 0. The fourth-order valence-electron chi connectivity index (χ4n) is 2.65. The van der Waals surface area contributed by atoms with Crippen LogP contribution in [0.2, 0.25) is 0 Å². The van der Waals surface area contributed by atoms with Crippen molar-refractivity contribution in [3.63, 3.8) is 0 Å². The van der Waals surface area contributed by atoms with Crippen LogP contribution in [0.25, 0.3) is 0 Å². The van der Waals surface area contributed by atoms with Crippen LogP contribution in [0.3, 0.4) is 0 Å². The summed E-state index contributed by atoms with van der Waals surface area (Å²) < 4.78 is 5.33. The van der Waals surface area contributed by atoms with Gasteiger partial charge in [-0.2, -0.15) is 0 Å². The maximum atomic E-state index is 12.3. The third-order valence-corrected chi connectivity index (χ3v) is 4.28. The molecule has 0 aliphatic carbocycles. The zero-order valence-corrected chi connectivity index (χ0v) is 21.8. The second-order valence-electron chi connectivity index (χ2n) is 6.25. The number of nitrogens with two attached hydrogens (primary N) is 1. The Hall–Kier alpha value is -2.01. The van der Waals surface area contributed by atoms with Gasteiger partial charge in [0.05, 0.1) is 5.56 Å². The number of esters is 1. The fourth-order valence-corrected chi connectivity index (χ4v) is 2.65. The van der Waals surface area contributed by atoms with Gasteiger partial charge in [-0.1, -0.05) is 18.2 Å². The number of aryl methyl sites for hydroxylation is 1. The minimum Gasteiger partial charge on any atom is -0.423 e. The average Bonchev–Trinajstić information content (AvgIpc) is 2.71. The molecular formula is C22H27AcN3O4. The molecule has 157 valence electrons. The molecule has 0 saturated carbocycles. The molecule has 0 atom stereocenters. The van der Waals surface area contributed by atoms with E-state index in [2.05, 4.69) is 6.58 Å². The largest absolute Gasteiger partial charge is 0.423 e. The van der Waals surface area contributed by atoms with Crippen molar-refractivity contribution in [3.05, 3.63) is 77.9 Å². The maximum absolute atomic E-state index is 12.3. The van der Waals surface area contributed by atoms with Crippen LogP contribution in [0, 0.1) is 49.5 Å². The molecule has 0 spiro atoms. The molecule has 1 radical (unpaired) electrons. The first-order chi connectivity index (χ1) is 13.4. The number of hydrogen-bond donors (Lipinski definition) is 2. The molecule has 30 heavy (non-hydrogen) atoms. The van der Waals surface area contributed by atoms with Gasteiger partial charge in [-0.15, -0.1) is 6.58 Å². The molecule has 2 aromatic carbocycles. The molecule has 0 aliphatic rings. The fraction of sp³-hybridized carbons (Fsp3) is 0.227. The van der Waals surface area contributed by atoms with E-state index in [1.807, 2.05) is 19.1 Å². The van der Waals surface area contributed by atoms with Gasteiger partial charge < -0.3 is 20.8 Å². The molecule has 0 fully saturated rings. The number of nitrogen functional groups attached to an aromatic ring is 1. The number of carbonyl (C=O) groups excluding carboxylic acids is 2. The van der Waals surface area contributed by atoms with E-state index in [1.54, 1.807) is 47.4 Å². The van der Waals surface area contributed by atoms with Crippen molar-refractivity contribution in [2.24, 2.45) is 5.73 Å². The van der Waals surface area contributed by atoms with Crippen molar-refractivity contribution in [2.45, 2.75) is 19.8 Å². The summed E-state index contributed by atoms with van der Waals surface area (Å²) in [7, 11) is 0. The van der Waals surface area contributed by atoms with Crippen molar-refractivity contribution in [1.82, 2.24) is 4.90 Å². The zero-order valence-electron chi connectivity index (χ0n) is 17.1. The number of nitrogens with zero attached hydrogens (tertiary/aromatic N) is 1. The Morgan fingerprint density at radius 1 is 1.10 bits per heavy atom. The van der Waals surface area contributed by atoms with Gasteiger partial charge in [0.1, 0.15) is 11.6 Å². The van der Waals surface area contributed by atoms with Crippen molar-refractivity contribution in [3.8, 4) is 5.75 Å². The van der Waals surface area contributed by atoms with Crippen LogP contribution in [-0.2, 0) is 11.2 Å². The number of hydrogen-bond acceptors (Lipinski definition) is 4. The third-order valence-electron chi connectivity index (χ3n) is 4.28. The van der Waals surface area contributed by atoms with Gasteiger partial charge in [-0.25, -0.2) is 4.79 Å². The molecule has 2 aromatic rings. The summed E-state index contributed by atoms with van der Waals surface area (Å²) >= 11 is 0. The van der Waals surface area contributed by atoms with Gasteiger partial charge in [0, 0.05) is 69.1 Å². The van der Waals surface area contributed by atoms with Gasteiger partial charge in [-0.05, 0) is 55.3 Å². The van der Waals surface area contributed by atoms with E-state index >= 15 is 0 Å². The van der Waals surface area contributed by atoms with Crippen molar-refractivity contribution in [2.75, 3.05) is 13.1 Å². The first-order valence-corrected chi connectivity index (χ1v) is 9.08. The number of nitrogens with one attached hydrogen (secondary N) is 1. The normalized spacial score (nSPS) is 9.50. The Bertz CT molecular complexity index is 852. The summed E-state index contributed by atoms with van der Waals surface area (Å²) in [6.45, 7) is 6.81. The Morgan fingerprint density at radius 3 is 2.17 bits per heavy atom. The molecule has 5 N–H and O–H groups in total. The van der Waals surface area contributed by atoms with Crippen LogP contribution >= 0.6 is 0 Å². The van der Waals surface area contributed by atoms with Crippen molar-refractivity contribution >= 4 is 17.7 Å². The Balaban J connectivity index is 0.00000420. The number of rotatable bonds is 9. The molecule has 1 amide bonds. The SMILES string of the molecule is C=CCN(CC)C(=O)CCc1ccc(C(=O)Oc2ccc(C(=N)N)cc2)cc1.O.[Ac]. The number of ether oxygens (including phenoxy) is 1.